The number of carbonyl (C=O) groups is 1. The Balaban J connectivity index is 1.48. The van der Waals surface area contributed by atoms with Crippen molar-refractivity contribution in [3.63, 3.8) is 0 Å². The Hall–Kier alpha value is -4.25. The predicted octanol–water partition coefficient (Wildman–Crippen LogP) is 2.71. The third-order valence-electron chi connectivity index (χ3n) is 5.36. The summed E-state index contributed by atoms with van der Waals surface area (Å²) in [5.74, 6) is -0.391. The van der Waals surface area contributed by atoms with Gasteiger partial charge in [-0.3, -0.25) is 9.10 Å². The number of tetrazole rings is 1. The number of fused-ring (bicyclic) bond motifs is 4. The van der Waals surface area contributed by atoms with Crippen molar-refractivity contribution < 1.29 is 17.6 Å². The average molecular weight is 446 g/mol. The first kappa shape index (κ1) is 18.5. The van der Waals surface area contributed by atoms with Crippen LogP contribution in [0.2, 0.25) is 0 Å². The van der Waals surface area contributed by atoms with E-state index >= 15 is 0 Å². The second-order valence-corrected chi connectivity index (χ2v) is 9.13. The van der Waals surface area contributed by atoms with E-state index in [0.717, 1.165) is 9.69 Å². The topological polar surface area (TPSA) is 123 Å². The van der Waals surface area contributed by atoms with Crippen molar-refractivity contribution in [2.24, 2.45) is 0 Å². The molecule has 2 aromatic heterocycles. The van der Waals surface area contributed by atoms with Crippen molar-refractivity contribution in [1.82, 2.24) is 20.2 Å². The van der Waals surface area contributed by atoms with Crippen molar-refractivity contribution in [3.05, 3.63) is 67.0 Å². The Labute approximate surface area is 181 Å². The lowest BCUT2D eigenvalue weighted by Crippen LogP contribution is -2.42. The second-order valence-electron chi connectivity index (χ2n) is 7.27. The molecule has 158 valence electrons. The van der Waals surface area contributed by atoms with Gasteiger partial charge in [-0.25, -0.2) is 13.1 Å². The molecule has 0 bridgehead atoms. The van der Waals surface area contributed by atoms with Crippen molar-refractivity contribution in [2.45, 2.75) is 4.90 Å². The smallest absolute Gasteiger partial charge is 0.264 e. The summed E-state index contributed by atoms with van der Waals surface area (Å²) in [5, 5.41) is 15.2. The molecule has 0 aliphatic carbocycles. The summed E-state index contributed by atoms with van der Waals surface area (Å²) in [6.45, 7) is -0.293. The fraction of sp³-hybridized carbons (Fsp3) is 0.0476. The summed E-state index contributed by atoms with van der Waals surface area (Å²) in [7, 11) is -3.99. The standard InChI is InChI=1S/C21H14N6O4S/c28-21-11-27(18-4-2-1-3-17(18)23-21)32(29,30)14-6-8-19-16(10-14)15-7-5-13(9-20(15)31-19)26-12-22-24-25-26/h1-10,12H,11H2,(H,23,28). The van der Waals surface area contributed by atoms with Gasteiger partial charge in [0.05, 0.1) is 22.0 Å². The minimum Gasteiger partial charge on any atom is -0.456 e. The van der Waals surface area contributed by atoms with Gasteiger partial charge in [0.2, 0.25) is 5.91 Å². The fourth-order valence-electron chi connectivity index (χ4n) is 3.87. The van der Waals surface area contributed by atoms with Crippen LogP contribution in [0.25, 0.3) is 27.6 Å². The van der Waals surface area contributed by atoms with Gasteiger partial charge < -0.3 is 9.73 Å². The number of hydrogen-bond donors (Lipinski definition) is 1. The van der Waals surface area contributed by atoms with Crippen molar-refractivity contribution in [3.8, 4) is 5.69 Å². The zero-order chi connectivity index (χ0) is 21.9. The second kappa shape index (κ2) is 6.62. The molecule has 0 atom stereocenters. The molecule has 11 heteroatoms. The first-order valence-corrected chi connectivity index (χ1v) is 11.1. The van der Waals surface area contributed by atoms with E-state index in [0.29, 0.717) is 33.6 Å². The Morgan fingerprint density at radius 1 is 0.969 bits per heavy atom. The Morgan fingerprint density at radius 2 is 1.84 bits per heavy atom. The predicted molar refractivity (Wildman–Crippen MR) is 116 cm³/mol. The summed E-state index contributed by atoms with van der Waals surface area (Å²) in [4.78, 5) is 12.2. The van der Waals surface area contributed by atoms with E-state index in [1.807, 2.05) is 12.1 Å². The van der Waals surface area contributed by atoms with Crippen molar-refractivity contribution in [1.29, 1.82) is 0 Å². The highest BCUT2D eigenvalue weighted by molar-refractivity contribution is 7.93. The first-order chi connectivity index (χ1) is 15.5. The van der Waals surface area contributed by atoms with Crippen LogP contribution >= 0.6 is 0 Å². The number of rotatable bonds is 3. The highest BCUT2D eigenvalue weighted by atomic mass is 32.2. The molecule has 3 aromatic carbocycles. The molecule has 1 N–H and O–H groups in total. The average Bonchev–Trinajstić information content (AvgIpc) is 3.45. The van der Waals surface area contributed by atoms with Crippen LogP contribution < -0.4 is 9.62 Å². The number of sulfonamides is 1. The van der Waals surface area contributed by atoms with E-state index in [4.69, 9.17) is 4.42 Å². The molecule has 0 radical (unpaired) electrons. The number of aromatic nitrogens is 4. The monoisotopic (exact) mass is 446 g/mol. The maximum absolute atomic E-state index is 13.5. The normalized spacial score (nSPS) is 14.0. The van der Waals surface area contributed by atoms with Crippen LogP contribution in [0.5, 0.6) is 0 Å². The molecule has 1 aliphatic rings. The summed E-state index contributed by atoms with van der Waals surface area (Å²) in [6.07, 6.45) is 1.47. The zero-order valence-electron chi connectivity index (χ0n) is 16.3. The van der Waals surface area contributed by atoms with Gasteiger partial charge in [-0.2, -0.15) is 0 Å². The Kier molecular flexibility index (Phi) is 3.83. The van der Waals surface area contributed by atoms with Gasteiger partial charge in [-0.1, -0.05) is 12.1 Å². The van der Waals surface area contributed by atoms with E-state index in [1.54, 1.807) is 42.5 Å². The van der Waals surface area contributed by atoms with Crippen LogP contribution in [0.1, 0.15) is 0 Å². The van der Waals surface area contributed by atoms with Crippen LogP contribution in [0, 0.1) is 0 Å². The molecule has 10 nitrogen and oxygen atoms in total. The number of carbonyl (C=O) groups excluding carboxylic acids is 1. The fourth-order valence-corrected chi connectivity index (χ4v) is 5.34. The summed E-state index contributed by atoms with van der Waals surface area (Å²) < 4.78 is 35.5. The lowest BCUT2D eigenvalue weighted by Gasteiger charge is -2.30. The highest BCUT2D eigenvalue weighted by Crippen LogP contribution is 2.36. The largest absolute Gasteiger partial charge is 0.456 e. The lowest BCUT2D eigenvalue weighted by molar-refractivity contribution is -0.115. The van der Waals surface area contributed by atoms with Crippen LogP contribution in [0.3, 0.4) is 0 Å². The quantitative estimate of drug-likeness (QED) is 0.452. The molecule has 0 spiro atoms. The molecule has 0 saturated carbocycles. The van der Waals surface area contributed by atoms with Gasteiger partial charge in [0.1, 0.15) is 24.0 Å². The SMILES string of the molecule is O=C1CN(S(=O)(=O)c2ccc3oc4cc(-n5cnnn5)ccc4c3c2)c2ccccc2N1. The van der Waals surface area contributed by atoms with Gasteiger partial charge in [-0.05, 0) is 52.9 Å². The maximum Gasteiger partial charge on any atom is 0.264 e. The molecule has 6 rings (SSSR count). The summed E-state index contributed by atoms with van der Waals surface area (Å²) in [5.41, 5.74) is 2.72. The maximum atomic E-state index is 13.5. The van der Waals surface area contributed by atoms with E-state index in [9.17, 15) is 13.2 Å². The molecular formula is C21H14N6O4S. The number of benzene rings is 3. The number of furan rings is 1. The van der Waals surface area contributed by atoms with E-state index in [-0.39, 0.29) is 11.4 Å². The third kappa shape index (κ3) is 2.75. The number of nitrogens with one attached hydrogen (secondary N) is 1. The Morgan fingerprint density at radius 3 is 2.69 bits per heavy atom. The van der Waals surface area contributed by atoms with E-state index in [2.05, 4.69) is 20.8 Å². The molecule has 5 aromatic rings. The van der Waals surface area contributed by atoms with Gasteiger partial charge >= 0.3 is 0 Å². The summed E-state index contributed by atoms with van der Waals surface area (Å²) in [6, 6.07) is 16.9. The number of para-hydroxylation sites is 2. The third-order valence-corrected chi connectivity index (χ3v) is 7.12. The zero-order valence-corrected chi connectivity index (χ0v) is 17.2. The molecule has 32 heavy (non-hydrogen) atoms. The van der Waals surface area contributed by atoms with Crippen LogP contribution in [-0.2, 0) is 14.8 Å². The first-order valence-electron chi connectivity index (χ1n) is 9.62. The molecule has 3 heterocycles. The van der Waals surface area contributed by atoms with Crippen LogP contribution in [0.4, 0.5) is 11.4 Å². The number of nitrogens with zero attached hydrogens (tertiary/aromatic N) is 5. The van der Waals surface area contributed by atoms with E-state index < -0.39 is 15.9 Å². The number of hydrogen-bond acceptors (Lipinski definition) is 7. The number of anilines is 2. The van der Waals surface area contributed by atoms with Gasteiger partial charge in [-0.15, -0.1) is 5.10 Å². The minimum absolute atomic E-state index is 0.0711. The molecule has 1 aliphatic heterocycles. The van der Waals surface area contributed by atoms with Crippen LogP contribution in [-0.4, -0.2) is 41.1 Å². The lowest BCUT2D eigenvalue weighted by atomic mass is 10.1. The van der Waals surface area contributed by atoms with E-state index in [1.165, 1.54) is 17.1 Å². The van der Waals surface area contributed by atoms with Gasteiger partial charge in [0.25, 0.3) is 10.0 Å². The molecule has 1 amide bonds. The highest BCUT2D eigenvalue weighted by Gasteiger charge is 2.32. The van der Waals surface area contributed by atoms with Crippen LogP contribution in [0.15, 0.2) is 76.3 Å². The Bertz CT molecular complexity index is 1630. The summed E-state index contributed by atoms with van der Waals surface area (Å²) >= 11 is 0. The molecular weight excluding hydrogens is 432 g/mol. The molecule has 0 unspecified atom stereocenters. The molecule has 0 fully saturated rings. The number of amides is 1. The van der Waals surface area contributed by atoms with Crippen molar-refractivity contribution >= 4 is 49.2 Å². The van der Waals surface area contributed by atoms with Gasteiger partial charge in [0, 0.05) is 16.8 Å². The minimum atomic E-state index is -3.99. The van der Waals surface area contributed by atoms with Crippen molar-refractivity contribution in [2.75, 3.05) is 16.2 Å². The molecule has 0 saturated heterocycles. The van der Waals surface area contributed by atoms with Gasteiger partial charge in [0.15, 0.2) is 0 Å².